The number of benzene rings is 1. The van der Waals surface area contributed by atoms with Gasteiger partial charge in [0.2, 0.25) is 5.43 Å². The standard InChI is InChI=1S/C56H87N3O18/c1-16-41-56(11)48(76-53(66)77-56)32(5)43(60)30(3)27-54(9,67-14)47(75-52-45(62)40(58(12)13)25-31(4)71-52)33(6)46(34(7)51(65)73-41)74-42-28-55(10,68-15)49(35(8)72-42)70-23-18-21-57-22-24-69-36-19-20-39-37(26-36)44(61)38(50(63)64)29-59(39)17-2/h19-20,26,29-35,40-42,45-49,52,57,62H,16-18,21-25,27-28H2,1-15H3,(H,63,64)/t30-,31-,32+,33+,34+,35-,40+,41-,42+,45+,46+,47-,48+,49+,52+,54+,55-,56-/m0/s1. The number of aryl methyl sites for hydroxylation is 1. The number of carboxylic acid groups (broad SMARTS) is 1. The van der Waals surface area contributed by atoms with Gasteiger partial charge in [0.25, 0.3) is 0 Å². The molecule has 21 heteroatoms. The predicted molar refractivity (Wildman–Crippen MR) is 282 cm³/mol. The van der Waals surface area contributed by atoms with E-state index in [9.17, 15) is 34.2 Å². The van der Waals surface area contributed by atoms with Crippen LogP contribution < -0.4 is 15.5 Å². The fourth-order valence-corrected chi connectivity index (χ4v) is 12.2. The maximum absolute atomic E-state index is 14.8. The van der Waals surface area contributed by atoms with Crippen LogP contribution in [0.25, 0.3) is 10.9 Å². The molecule has 0 radical (unpaired) electrons. The molecule has 1 aromatic carbocycles. The Balaban J connectivity index is 1.19. The fourth-order valence-electron chi connectivity index (χ4n) is 12.2. The van der Waals surface area contributed by atoms with Gasteiger partial charge in [-0.2, -0.15) is 0 Å². The second-order valence-corrected chi connectivity index (χ2v) is 22.5. The van der Waals surface area contributed by atoms with Gasteiger partial charge in [-0.1, -0.05) is 27.7 Å². The van der Waals surface area contributed by atoms with Crippen molar-refractivity contribution in [3.05, 3.63) is 40.2 Å². The first-order valence-electron chi connectivity index (χ1n) is 27.3. The van der Waals surface area contributed by atoms with Crippen molar-refractivity contribution in [1.82, 2.24) is 14.8 Å². The van der Waals surface area contributed by atoms with Crippen molar-refractivity contribution in [3.63, 3.8) is 0 Å². The molecule has 4 saturated heterocycles. The van der Waals surface area contributed by atoms with Crippen molar-refractivity contribution in [2.24, 2.45) is 23.7 Å². The number of cyclic esters (lactones) is 1. The normalized spacial score (nSPS) is 37.4. The van der Waals surface area contributed by atoms with Gasteiger partial charge in [0.1, 0.15) is 42.0 Å². The number of Topliss-reactive ketones (excluding diaryl/α,β-unsaturated/α-hetero) is 1. The van der Waals surface area contributed by atoms with Gasteiger partial charge >= 0.3 is 18.1 Å². The number of nitrogens with zero attached hydrogens (tertiary/aromatic N) is 2. The molecule has 434 valence electrons. The zero-order valence-corrected chi connectivity index (χ0v) is 47.9. The number of rotatable bonds is 19. The molecule has 0 unspecified atom stereocenters. The Bertz CT molecular complexity index is 2420. The Morgan fingerprint density at radius 2 is 1.57 bits per heavy atom. The smallest absolute Gasteiger partial charge is 0.492 e. The van der Waals surface area contributed by atoms with Gasteiger partial charge < -0.3 is 77.1 Å². The minimum atomic E-state index is -1.51. The number of likely N-dealkylation sites (N-methyl/N-ethyl adjacent to an activating group) is 1. The highest BCUT2D eigenvalue weighted by atomic mass is 16.8. The van der Waals surface area contributed by atoms with Crippen molar-refractivity contribution >= 4 is 34.8 Å². The van der Waals surface area contributed by atoms with Crippen LogP contribution in [-0.2, 0) is 63.5 Å². The maximum atomic E-state index is 14.8. The average Bonchev–Trinajstić information content (AvgIpc) is 3.74. The number of carbonyl (C=O) groups is 4. The summed E-state index contributed by atoms with van der Waals surface area (Å²) in [6.07, 6.45) is -6.57. The van der Waals surface area contributed by atoms with Gasteiger partial charge in [-0.25, -0.2) is 9.59 Å². The Morgan fingerprint density at radius 3 is 2.21 bits per heavy atom. The summed E-state index contributed by atoms with van der Waals surface area (Å²) in [7, 11) is 6.90. The highest BCUT2D eigenvalue weighted by molar-refractivity contribution is 5.93. The number of carboxylic acids is 1. The third-order valence-corrected chi connectivity index (χ3v) is 16.7. The zero-order valence-electron chi connectivity index (χ0n) is 47.9. The molecule has 0 saturated carbocycles. The Morgan fingerprint density at radius 1 is 0.883 bits per heavy atom. The highest BCUT2D eigenvalue weighted by Gasteiger charge is 2.60. The Hall–Kier alpha value is -4.29. The number of aromatic nitrogens is 1. The van der Waals surface area contributed by atoms with Gasteiger partial charge in [-0.15, -0.1) is 0 Å². The number of hydrogen-bond acceptors (Lipinski definition) is 19. The number of aromatic carboxylic acids is 1. The minimum absolute atomic E-state index is 0.117. The van der Waals surface area contributed by atoms with Crippen LogP contribution in [0.2, 0.25) is 0 Å². The topological polar surface area (TPSA) is 248 Å². The summed E-state index contributed by atoms with van der Waals surface area (Å²) < 4.78 is 71.6. The number of ether oxygens (including phenoxy) is 11. The van der Waals surface area contributed by atoms with E-state index in [0.29, 0.717) is 57.0 Å². The molecule has 3 N–H and O–H groups in total. The van der Waals surface area contributed by atoms with E-state index in [4.69, 9.17) is 52.1 Å². The van der Waals surface area contributed by atoms with Crippen molar-refractivity contribution < 1.29 is 81.5 Å². The van der Waals surface area contributed by atoms with E-state index in [2.05, 4.69) is 5.32 Å². The van der Waals surface area contributed by atoms with Gasteiger partial charge in [0.15, 0.2) is 24.3 Å². The third-order valence-electron chi connectivity index (χ3n) is 16.7. The van der Waals surface area contributed by atoms with E-state index in [1.165, 1.54) is 13.3 Å². The average molecular weight is 1090 g/mol. The molecule has 77 heavy (non-hydrogen) atoms. The third kappa shape index (κ3) is 13.5. The van der Waals surface area contributed by atoms with Crippen LogP contribution >= 0.6 is 0 Å². The minimum Gasteiger partial charge on any atom is -0.492 e. The summed E-state index contributed by atoms with van der Waals surface area (Å²) >= 11 is 0. The number of nitrogens with one attached hydrogen (secondary N) is 1. The zero-order chi connectivity index (χ0) is 56.9. The molecule has 21 nitrogen and oxygen atoms in total. The summed E-state index contributed by atoms with van der Waals surface area (Å²) in [4.78, 5) is 68.8. The van der Waals surface area contributed by atoms with Crippen molar-refractivity contribution in [3.8, 4) is 5.75 Å². The van der Waals surface area contributed by atoms with E-state index < -0.39 is 119 Å². The molecule has 4 aliphatic heterocycles. The van der Waals surface area contributed by atoms with Crippen molar-refractivity contribution in [1.29, 1.82) is 0 Å². The van der Waals surface area contributed by atoms with Crippen molar-refractivity contribution in [2.45, 2.75) is 199 Å². The first kappa shape index (κ1) is 61.9. The van der Waals surface area contributed by atoms with E-state index in [0.717, 1.165) is 0 Å². The number of fused-ring (bicyclic) bond motifs is 2. The molecule has 6 rings (SSSR count). The molecule has 1 aromatic heterocycles. The largest absolute Gasteiger partial charge is 0.509 e. The fraction of sp³-hybridized carbons (Fsp3) is 0.768. The summed E-state index contributed by atoms with van der Waals surface area (Å²) in [5.41, 5.74) is -3.96. The SMILES string of the molecule is CC[C@@H]1OC(=O)[C@H](C)[C@H](O[C@@H]2C[C@](C)(OC)[C@H](OCCCNCCOc3ccc4c(c3)c(=O)c(C(=O)O)cn4CC)[C@H](C)O2)[C@@H](C)[C@H](O[C@H]2O[C@@H](C)C[C@@H](N(C)C)[C@H]2O)[C@](C)(OC)C[C@H](C)C(=O)[C@@H](C)[C@H]2OC(=O)O[C@@]12C. The number of methoxy groups -OCH3 is 2. The molecule has 4 fully saturated rings. The summed E-state index contributed by atoms with van der Waals surface area (Å²) in [5, 5.41) is 25.0. The van der Waals surface area contributed by atoms with Crippen LogP contribution in [-0.4, -0.2) is 182 Å². The highest BCUT2D eigenvalue weighted by Crippen LogP contribution is 2.44. The van der Waals surface area contributed by atoms with Crippen LogP contribution in [0.15, 0.2) is 29.2 Å². The molecule has 4 aliphatic rings. The Labute approximate surface area is 453 Å². The molecule has 0 amide bonds. The van der Waals surface area contributed by atoms with Gasteiger partial charge in [-0.3, -0.25) is 14.4 Å². The number of aliphatic hydroxyl groups is 1. The molecular weight excluding hydrogens is 1000 g/mol. The lowest BCUT2D eigenvalue weighted by Gasteiger charge is -2.50. The van der Waals surface area contributed by atoms with E-state index in [1.54, 1.807) is 64.5 Å². The number of carbonyl (C=O) groups excluding carboxylic acids is 3. The molecule has 0 spiro atoms. The van der Waals surface area contributed by atoms with Crippen LogP contribution in [0.4, 0.5) is 4.79 Å². The second-order valence-electron chi connectivity index (χ2n) is 22.5. The maximum Gasteiger partial charge on any atom is 0.509 e. The van der Waals surface area contributed by atoms with Gasteiger partial charge in [-0.05, 0) is 113 Å². The second kappa shape index (κ2) is 25.9. The van der Waals surface area contributed by atoms with Crippen LogP contribution in [0.5, 0.6) is 5.75 Å². The number of aliphatic hydroxyl groups excluding tert-OH is 1. The lowest BCUT2D eigenvalue weighted by Crippen LogP contribution is -2.61. The summed E-state index contributed by atoms with van der Waals surface area (Å²) in [6.45, 7) is 22.1. The first-order valence-corrected chi connectivity index (χ1v) is 27.3. The van der Waals surface area contributed by atoms with E-state index >= 15 is 0 Å². The lowest BCUT2D eigenvalue weighted by molar-refractivity contribution is -0.322. The molecule has 0 bridgehead atoms. The quantitative estimate of drug-likeness (QED) is 0.112. The first-order chi connectivity index (χ1) is 36.3. The van der Waals surface area contributed by atoms with Crippen molar-refractivity contribution in [2.75, 3.05) is 54.6 Å². The molecule has 5 heterocycles. The monoisotopic (exact) mass is 1090 g/mol. The number of pyridine rings is 1. The predicted octanol–water partition coefficient (Wildman–Crippen LogP) is 5.74. The van der Waals surface area contributed by atoms with Crippen LogP contribution in [0.3, 0.4) is 0 Å². The number of esters is 1. The number of hydrogen-bond donors (Lipinski definition) is 3. The summed E-state index contributed by atoms with van der Waals surface area (Å²) in [6, 6.07) is 4.78. The molecular formula is C56H87N3O18. The van der Waals surface area contributed by atoms with Crippen LogP contribution in [0, 0.1) is 23.7 Å². The lowest BCUT2D eigenvalue weighted by atomic mass is 9.74. The van der Waals surface area contributed by atoms with E-state index in [1.807, 2.05) is 60.5 Å². The molecule has 0 aliphatic carbocycles. The van der Waals surface area contributed by atoms with Crippen LogP contribution in [0.1, 0.15) is 119 Å². The Kier molecular flexibility index (Phi) is 20.8. The summed E-state index contributed by atoms with van der Waals surface area (Å²) in [5.74, 6) is -5.03. The van der Waals surface area contributed by atoms with Gasteiger partial charge in [0.05, 0.1) is 58.4 Å². The van der Waals surface area contributed by atoms with E-state index in [-0.39, 0.29) is 48.1 Å². The number of ketones is 1. The molecule has 2 aromatic rings. The molecule has 18 atom stereocenters. The van der Waals surface area contributed by atoms with Gasteiger partial charge in [0, 0.05) is 64.4 Å².